The Bertz CT molecular complexity index is 677. The van der Waals surface area contributed by atoms with E-state index >= 15 is 0 Å². The third-order valence-electron chi connectivity index (χ3n) is 2.47. The standard InChI is InChI=1S/C13H10ClFN2O3/c14-7-1-3-11(9(5-7)13(16)17-19)20-12-4-2-8(15)6-10(12)18/h1-6,18-19H,(H2,16,17). The van der Waals surface area contributed by atoms with E-state index in [9.17, 15) is 9.50 Å². The Hall–Kier alpha value is -2.47. The molecule has 2 rings (SSSR count). The first-order chi connectivity index (χ1) is 9.51. The Morgan fingerprint density at radius 3 is 2.55 bits per heavy atom. The number of nitrogens with zero attached hydrogens (tertiary/aromatic N) is 1. The van der Waals surface area contributed by atoms with Crippen molar-refractivity contribution in [3.63, 3.8) is 0 Å². The molecular weight excluding hydrogens is 287 g/mol. The van der Waals surface area contributed by atoms with Gasteiger partial charge < -0.3 is 20.8 Å². The van der Waals surface area contributed by atoms with Crippen molar-refractivity contribution >= 4 is 17.4 Å². The maximum absolute atomic E-state index is 12.9. The highest BCUT2D eigenvalue weighted by atomic mass is 35.5. The van der Waals surface area contributed by atoms with Gasteiger partial charge in [0, 0.05) is 11.1 Å². The largest absolute Gasteiger partial charge is 0.504 e. The SMILES string of the molecule is N/C(=N\O)c1cc(Cl)ccc1Oc1ccc(F)cc1O. The second kappa shape index (κ2) is 5.66. The van der Waals surface area contributed by atoms with Crippen LogP contribution in [0.15, 0.2) is 41.6 Å². The Morgan fingerprint density at radius 2 is 1.90 bits per heavy atom. The molecule has 2 aromatic rings. The molecule has 0 aliphatic rings. The van der Waals surface area contributed by atoms with Crippen LogP contribution in [0.1, 0.15) is 5.56 Å². The first-order valence-corrected chi connectivity index (χ1v) is 5.83. The summed E-state index contributed by atoms with van der Waals surface area (Å²) in [6.07, 6.45) is 0. The second-order valence-electron chi connectivity index (χ2n) is 3.84. The van der Waals surface area contributed by atoms with Gasteiger partial charge in [0.2, 0.25) is 0 Å². The summed E-state index contributed by atoms with van der Waals surface area (Å²) in [7, 11) is 0. The van der Waals surface area contributed by atoms with Crippen molar-refractivity contribution in [2.45, 2.75) is 0 Å². The van der Waals surface area contributed by atoms with Crippen molar-refractivity contribution in [2.24, 2.45) is 10.9 Å². The van der Waals surface area contributed by atoms with Crippen LogP contribution in [0.25, 0.3) is 0 Å². The average Bonchev–Trinajstić information content (AvgIpc) is 2.42. The van der Waals surface area contributed by atoms with Crippen LogP contribution in [0.3, 0.4) is 0 Å². The van der Waals surface area contributed by atoms with E-state index in [1.807, 2.05) is 0 Å². The molecule has 0 saturated carbocycles. The van der Waals surface area contributed by atoms with Gasteiger partial charge in [-0.3, -0.25) is 0 Å². The van der Waals surface area contributed by atoms with E-state index in [4.69, 9.17) is 27.3 Å². The summed E-state index contributed by atoms with van der Waals surface area (Å²) in [6, 6.07) is 7.76. The first-order valence-electron chi connectivity index (χ1n) is 5.45. The molecule has 4 N–H and O–H groups in total. The van der Waals surface area contributed by atoms with Gasteiger partial charge in [0.1, 0.15) is 11.6 Å². The lowest BCUT2D eigenvalue weighted by atomic mass is 10.2. The molecule has 0 fully saturated rings. The molecule has 0 spiro atoms. The molecule has 0 heterocycles. The summed E-state index contributed by atoms with van der Waals surface area (Å²) in [5.74, 6) is -0.940. The number of hydrogen-bond acceptors (Lipinski definition) is 4. The van der Waals surface area contributed by atoms with Gasteiger partial charge in [-0.1, -0.05) is 16.8 Å². The minimum absolute atomic E-state index is 0.0284. The van der Waals surface area contributed by atoms with E-state index < -0.39 is 5.82 Å². The van der Waals surface area contributed by atoms with Gasteiger partial charge in [0.15, 0.2) is 17.3 Å². The number of benzene rings is 2. The number of phenols is 1. The molecule has 0 bridgehead atoms. The van der Waals surface area contributed by atoms with Gasteiger partial charge in [-0.25, -0.2) is 4.39 Å². The molecule has 7 heteroatoms. The number of aromatic hydroxyl groups is 1. The van der Waals surface area contributed by atoms with Crippen LogP contribution in [0.2, 0.25) is 5.02 Å². The van der Waals surface area contributed by atoms with Gasteiger partial charge in [0.05, 0.1) is 5.56 Å². The van der Waals surface area contributed by atoms with Crippen LogP contribution in [0.4, 0.5) is 4.39 Å². The third kappa shape index (κ3) is 2.92. The monoisotopic (exact) mass is 296 g/mol. The van der Waals surface area contributed by atoms with E-state index in [1.54, 1.807) is 0 Å². The molecule has 2 aromatic carbocycles. The predicted octanol–water partition coefficient (Wildman–Crippen LogP) is 3.07. The van der Waals surface area contributed by atoms with Crippen molar-refractivity contribution in [3.05, 3.63) is 52.8 Å². The lowest BCUT2D eigenvalue weighted by molar-refractivity contribution is 0.318. The normalized spacial score (nSPS) is 11.4. The zero-order chi connectivity index (χ0) is 14.7. The zero-order valence-corrected chi connectivity index (χ0v) is 10.8. The molecule has 0 aromatic heterocycles. The molecule has 5 nitrogen and oxygen atoms in total. The topological polar surface area (TPSA) is 88.1 Å². The predicted molar refractivity (Wildman–Crippen MR) is 72.1 cm³/mol. The first kappa shape index (κ1) is 14.0. The second-order valence-corrected chi connectivity index (χ2v) is 4.28. The van der Waals surface area contributed by atoms with Gasteiger partial charge in [-0.2, -0.15) is 0 Å². The van der Waals surface area contributed by atoms with Gasteiger partial charge in [-0.15, -0.1) is 0 Å². The van der Waals surface area contributed by atoms with Crippen LogP contribution in [-0.2, 0) is 0 Å². The summed E-state index contributed by atoms with van der Waals surface area (Å²) >= 11 is 5.83. The fraction of sp³-hybridized carbons (Fsp3) is 0. The fourth-order valence-corrected chi connectivity index (χ4v) is 1.71. The molecule has 104 valence electrons. The number of nitrogens with two attached hydrogens (primary N) is 1. The zero-order valence-electron chi connectivity index (χ0n) is 10.0. The molecule has 0 amide bonds. The van der Waals surface area contributed by atoms with E-state index in [0.29, 0.717) is 5.02 Å². The molecule has 20 heavy (non-hydrogen) atoms. The van der Waals surface area contributed by atoms with Gasteiger partial charge in [0.25, 0.3) is 0 Å². The minimum Gasteiger partial charge on any atom is -0.504 e. The van der Waals surface area contributed by atoms with Gasteiger partial charge in [-0.05, 0) is 30.3 Å². The Labute approximate surface area is 118 Å². The Kier molecular flexibility index (Phi) is 3.95. The fourth-order valence-electron chi connectivity index (χ4n) is 1.54. The van der Waals surface area contributed by atoms with Crippen LogP contribution in [-0.4, -0.2) is 16.1 Å². The van der Waals surface area contributed by atoms with Crippen molar-refractivity contribution in [3.8, 4) is 17.2 Å². The number of amidine groups is 1. The van der Waals surface area contributed by atoms with Gasteiger partial charge >= 0.3 is 0 Å². The highest BCUT2D eigenvalue weighted by molar-refractivity contribution is 6.31. The lowest BCUT2D eigenvalue weighted by Crippen LogP contribution is -2.14. The Balaban J connectivity index is 2.43. The average molecular weight is 297 g/mol. The number of oxime groups is 1. The number of rotatable bonds is 3. The molecule has 0 unspecified atom stereocenters. The molecule has 0 radical (unpaired) electrons. The van der Waals surface area contributed by atoms with Crippen molar-refractivity contribution in [2.75, 3.05) is 0 Å². The molecule has 0 aliphatic heterocycles. The third-order valence-corrected chi connectivity index (χ3v) is 2.70. The smallest absolute Gasteiger partial charge is 0.173 e. The van der Waals surface area contributed by atoms with Crippen LogP contribution < -0.4 is 10.5 Å². The van der Waals surface area contributed by atoms with Crippen LogP contribution in [0, 0.1) is 5.82 Å². The summed E-state index contributed by atoms with van der Waals surface area (Å²) in [4.78, 5) is 0. The Morgan fingerprint density at radius 1 is 1.20 bits per heavy atom. The summed E-state index contributed by atoms with van der Waals surface area (Å²) in [5.41, 5.74) is 5.76. The lowest BCUT2D eigenvalue weighted by Gasteiger charge is -2.11. The van der Waals surface area contributed by atoms with E-state index in [1.165, 1.54) is 24.3 Å². The van der Waals surface area contributed by atoms with Crippen LogP contribution in [0.5, 0.6) is 17.2 Å². The number of ether oxygens (including phenoxy) is 1. The number of hydrogen-bond donors (Lipinski definition) is 3. The van der Waals surface area contributed by atoms with E-state index in [-0.39, 0.29) is 28.6 Å². The highest BCUT2D eigenvalue weighted by Crippen LogP contribution is 2.33. The number of halogens is 2. The summed E-state index contributed by atoms with van der Waals surface area (Å²) < 4.78 is 18.3. The summed E-state index contributed by atoms with van der Waals surface area (Å²) in [6.45, 7) is 0. The highest BCUT2D eigenvalue weighted by Gasteiger charge is 2.12. The maximum Gasteiger partial charge on any atom is 0.173 e. The summed E-state index contributed by atoms with van der Waals surface area (Å²) in [5, 5.41) is 21.6. The van der Waals surface area contributed by atoms with Crippen molar-refractivity contribution in [1.29, 1.82) is 0 Å². The van der Waals surface area contributed by atoms with Crippen LogP contribution >= 0.6 is 11.6 Å². The van der Waals surface area contributed by atoms with E-state index in [2.05, 4.69) is 5.16 Å². The van der Waals surface area contributed by atoms with Crippen molar-refractivity contribution in [1.82, 2.24) is 0 Å². The molecule has 0 aliphatic carbocycles. The maximum atomic E-state index is 12.9. The van der Waals surface area contributed by atoms with E-state index in [0.717, 1.165) is 12.1 Å². The molecule has 0 atom stereocenters. The molecule has 0 saturated heterocycles. The van der Waals surface area contributed by atoms with Crippen molar-refractivity contribution < 1.29 is 19.4 Å². The quantitative estimate of drug-likeness (QED) is 0.351. The minimum atomic E-state index is -0.595. The number of phenolic OH excluding ortho intramolecular Hbond substituents is 1. The molecular formula is C13H10ClFN2O3.